The van der Waals surface area contributed by atoms with Gasteiger partial charge < -0.3 is 15.3 Å². The van der Waals surface area contributed by atoms with E-state index in [-0.39, 0.29) is 6.47 Å². The van der Waals surface area contributed by atoms with Crippen LogP contribution in [0, 0.1) is 0 Å². The standard InChI is InChI=1S/2C2H4O2.CH2O2.H2O4S/c2*1-2(3)4;2-1-3;1-5(2,3)4/h2*1H3,(H,3,4);1H,(H,2,3);(H2,1,2,3,4). The Balaban J connectivity index is -0.0000000610. The number of hydrogen-bond acceptors (Lipinski definition) is 5. The second-order valence-corrected chi connectivity index (χ2v) is 2.49. The molecule has 0 aliphatic rings. The summed E-state index contributed by atoms with van der Waals surface area (Å²) in [5.41, 5.74) is 0. The Morgan fingerprint density at radius 2 is 1.00 bits per heavy atom. The van der Waals surface area contributed by atoms with Crippen LogP contribution in [-0.4, -0.2) is 51.3 Å². The van der Waals surface area contributed by atoms with Gasteiger partial charge in [-0.05, 0) is 0 Å². The highest BCUT2D eigenvalue weighted by molar-refractivity contribution is 7.79. The molecule has 0 aromatic heterocycles. The van der Waals surface area contributed by atoms with Gasteiger partial charge in [-0.1, -0.05) is 0 Å². The van der Waals surface area contributed by atoms with Gasteiger partial charge in [0, 0.05) is 13.8 Å². The van der Waals surface area contributed by atoms with Crippen molar-refractivity contribution < 1.29 is 47.2 Å². The summed E-state index contributed by atoms with van der Waals surface area (Å²) < 4.78 is 31.6. The lowest BCUT2D eigenvalue weighted by molar-refractivity contribution is -0.135. The van der Waals surface area contributed by atoms with Gasteiger partial charge in [0.1, 0.15) is 0 Å². The molecule has 0 aromatic rings. The van der Waals surface area contributed by atoms with Gasteiger partial charge in [-0.25, -0.2) is 0 Å². The van der Waals surface area contributed by atoms with Gasteiger partial charge in [0.05, 0.1) is 0 Å². The molecule has 0 radical (unpaired) electrons. The van der Waals surface area contributed by atoms with Crippen molar-refractivity contribution in [3.63, 3.8) is 0 Å². The molecule has 0 amide bonds. The predicted molar refractivity (Wildman–Crippen MR) is 49.5 cm³/mol. The Kier molecular flexibility index (Phi) is 23.4. The molecule has 0 saturated heterocycles. The Morgan fingerprint density at radius 1 is 1.00 bits per heavy atom. The van der Waals surface area contributed by atoms with Gasteiger partial charge in [0.25, 0.3) is 18.4 Å². The summed E-state index contributed by atoms with van der Waals surface area (Å²) >= 11 is 0. The minimum absolute atomic E-state index is 0.250. The summed E-state index contributed by atoms with van der Waals surface area (Å²) in [6, 6.07) is 0. The first kappa shape index (κ1) is 23.8. The fourth-order valence-corrected chi connectivity index (χ4v) is 0. The highest BCUT2D eigenvalue weighted by Crippen LogP contribution is 1.59. The van der Waals surface area contributed by atoms with Crippen LogP contribution in [0.5, 0.6) is 0 Å². The normalized spacial score (nSPS) is 7.50. The van der Waals surface area contributed by atoms with E-state index in [1.165, 1.54) is 0 Å². The van der Waals surface area contributed by atoms with Crippen molar-refractivity contribution in [2.45, 2.75) is 13.8 Å². The van der Waals surface area contributed by atoms with Crippen LogP contribution in [-0.2, 0) is 24.8 Å². The molecule has 5 N–H and O–H groups in total. The maximum Gasteiger partial charge on any atom is 0.394 e. The fourth-order valence-electron chi connectivity index (χ4n) is 0. The molecule has 0 fully saturated rings. The van der Waals surface area contributed by atoms with Crippen molar-refractivity contribution >= 4 is 28.8 Å². The van der Waals surface area contributed by atoms with Crippen LogP contribution in [0.3, 0.4) is 0 Å². The van der Waals surface area contributed by atoms with Gasteiger partial charge in [-0.15, -0.1) is 0 Å². The maximum absolute atomic E-state index is 9.00. The van der Waals surface area contributed by atoms with Crippen molar-refractivity contribution in [2.75, 3.05) is 0 Å². The third kappa shape index (κ3) is 528. The molecular formula is C5H12O10S. The Hall–Kier alpha value is -1.72. The lowest BCUT2D eigenvalue weighted by Gasteiger charge is -1.68. The Labute approximate surface area is 90.7 Å². The molecule has 0 aromatic carbocycles. The largest absolute Gasteiger partial charge is 0.483 e. The maximum atomic E-state index is 9.00. The number of hydrogen-bond donors (Lipinski definition) is 5. The SMILES string of the molecule is CC(=O)O.CC(=O)O.O=CO.O=S(=O)(O)O. The van der Waals surface area contributed by atoms with E-state index in [1.54, 1.807) is 0 Å². The molecule has 0 bridgehead atoms. The van der Waals surface area contributed by atoms with Gasteiger partial charge >= 0.3 is 10.4 Å². The van der Waals surface area contributed by atoms with E-state index in [2.05, 4.69) is 0 Å². The number of aliphatic carboxylic acids is 2. The quantitative estimate of drug-likeness (QED) is 0.274. The number of carbonyl (C=O) groups is 3. The molecule has 98 valence electrons. The average molecular weight is 264 g/mol. The summed E-state index contributed by atoms with van der Waals surface area (Å²) in [7, 11) is -4.67. The van der Waals surface area contributed by atoms with Crippen molar-refractivity contribution in [3.05, 3.63) is 0 Å². The average Bonchev–Trinajstić information content (AvgIpc) is 1.78. The summed E-state index contributed by atoms with van der Waals surface area (Å²) in [4.78, 5) is 26.4. The van der Waals surface area contributed by atoms with Crippen LogP contribution in [0.15, 0.2) is 0 Å². The number of rotatable bonds is 0. The molecule has 0 unspecified atom stereocenters. The highest BCUT2D eigenvalue weighted by Gasteiger charge is 1.84. The second-order valence-electron chi connectivity index (χ2n) is 1.59. The first-order valence-corrected chi connectivity index (χ1v) is 4.44. The summed E-state index contributed by atoms with van der Waals surface area (Å²) in [5.74, 6) is -1.67. The van der Waals surface area contributed by atoms with Crippen LogP contribution >= 0.6 is 0 Å². The van der Waals surface area contributed by atoms with Gasteiger partial charge in [0.15, 0.2) is 0 Å². The zero-order valence-electron chi connectivity index (χ0n) is 8.26. The van der Waals surface area contributed by atoms with Crippen LogP contribution in [0.4, 0.5) is 0 Å². The van der Waals surface area contributed by atoms with Gasteiger partial charge in [0.2, 0.25) is 0 Å². The molecule has 0 rings (SSSR count). The van der Waals surface area contributed by atoms with Crippen molar-refractivity contribution in [3.8, 4) is 0 Å². The molecule has 10 nitrogen and oxygen atoms in total. The van der Waals surface area contributed by atoms with Crippen molar-refractivity contribution in [2.24, 2.45) is 0 Å². The Morgan fingerprint density at radius 3 is 1.00 bits per heavy atom. The van der Waals surface area contributed by atoms with E-state index in [9.17, 15) is 0 Å². The minimum atomic E-state index is -4.67. The molecule has 16 heavy (non-hydrogen) atoms. The summed E-state index contributed by atoms with van der Waals surface area (Å²) in [6.07, 6.45) is 0. The van der Waals surface area contributed by atoms with E-state index >= 15 is 0 Å². The van der Waals surface area contributed by atoms with Crippen LogP contribution in [0.2, 0.25) is 0 Å². The molecule has 0 aliphatic heterocycles. The lowest BCUT2D eigenvalue weighted by Crippen LogP contribution is -1.89. The third-order valence-electron chi connectivity index (χ3n) is 0. The predicted octanol–water partition coefficient (Wildman–Crippen LogP) is -0.770. The zero-order chi connectivity index (χ0) is 14.4. The molecule has 0 atom stereocenters. The van der Waals surface area contributed by atoms with E-state index in [0.717, 1.165) is 13.8 Å². The summed E-state index contributed by atoms with van der Waals surface area (Å²) in [6.45, 7) is 1.92. The molecular weight excluding hydrogens is 252 g/mol. The lowest BCUT2D eigenvalue weighted by atomic mass is 10.9. The monoisotopic (exact) mass is 264 g/mol. The molecule has 0 saturated carbocycles. The third-order valence-corrected chi connectivity index (χ3v) is 0. The van der Waals surface area contributed by atoms with E-state index < -0.39 is 22.3 Å². The molecule has 11 heteroatoms. The molecule has 0 heterocycles. The molecule has 0 spiro atoms. The topological polar surface area (TPSA) is 186 Å². The number of carboxylic acid groups (broad SMARTS) is 3. The second kappa shape index (κ2) is 15.7. The highest BCUT2D eigenvalue weighted by atomic mass is 32.3. The van der Waals surface area contributed by atoms with Gasteiger partial charge in [-0.3, -0.25) is 23.5 Å². The Bertz CT molecular complexity index is 250. The van der Waals surface area contributed by atoms with Crippen LogP contribution < -0.4 is 0 Å². The van der Waals surface area contributed by atoms with E-state index in [1.807, 2.05) is 0 Å². The van der Waals surface area contributed by atoms with Gasteiger partial charge in [-0.2, -0.15) is 8.42 Å². The zero-order valence-corrected chi connectivity index (χ0v) is 9.08. The molecule has 0 aliphatic carbocycles. The fraction of sp³-hybridized carbons (Fsp3) is 0.400. The van der Waals surface area contributed by atoms with Crippen molar-refractivity contribution in [1.29, 1.82) is 0 Å². The van der Waals surface area contributed by atoms with E-state index in [4.69, 9.17) is 47.2 Å². The first-order valence-electron chi connectivity index (χ1n) is 3.05. The summed E-state index contributed by atoms with van der Waals surface area (Å²) in [5, 5.41) is 21.7. The van der Waals surface area contributed by atoms with Crippen LogP contribution in [0.25, 0.3) is 0 Å². The number of carboxylic acids is 2. The van der Waals surface area contributed by atoms with Crippen LogP contribution in [0.1, 0.15) is 13.8 Å². The minimum Gasteiger partial charge on any atom is -0.483 e. The van der Waals surface area contributed by atoms with E-state index in [0.29, 0.717) is 0 Å². The van der Waals surface area contributed by atoms with Crippen molar-refractivity contribution in [1.82, 2.24) is 0 Å². The smallest absolute Gasteiger partial charge is 0.394 e. The first-order chi connectivity index (χ1) is 6.88.